The molecule has 0 radical (unpaired) electrons. The van der Waals surface area contributed by atoms with Gasteiger partial charge in [0.05, 0.1) is 29.2 Å². The fraction of sp³-hybridized carbons (Fsp3) is 0. The molecule has 0 bridgehead atoms. The Bertz CT molecular complexity index is 2130. The SMILES string of the molecule is [C-]#[N+]c1cc(-c2cccc(-c3cccc(-c4cccc(C#N)c4)c3)c2)cc(-n2c3ccccc3c3ccccc32)c1. The Kier molecular flexibility index (Phi) is 5.90. The van der Waals surface area contributed by atoms with E-state index in [1.807, 2.05) is 36.4 Å². The number of nitrogens with zero attached hydrogens (tertiary/aromatic N) is 3. The minimum Gasteiger partial charge on any atom is -0.310 e. The molecule has 3 heteroatoms. The Morgan fingerprint density at radius 3 is 1.59 bits per heavy atom. The molecule has 0 saturated carbocycles. The maximum Gasteiger partial charge on any atom is 0.189 e. The van der Waals surface area contributed by atoms with Gasteiger partial charge >= 0.3 is 0 Å². The van der Waals surface area contributed by atoms with E-state index in [1.165, 1.54) is 10.8 Å². The Hall–Kier alpha value is -5.90. The van der Waals surface area contributed by atoms with Gasteiger partial charge < -0.3 is 4.57 Å². The summed E-state index contributed by atoms with van der Waals surface area (Å²) in [6, 6.07) is 49.7. The molecule has 1 heterocycles. The van der Waals surface area contributed by atoms with Crippen molar-refractivity contribution in [3.63, 3.8) is 0 Å². The normalized spacial score (nSPS) is 10.9. The van der Waals surface area contributed by atoms with Gasteiger partial charge in [-0.3, -0.25) is 0 Å². The molecule has 0 amide bonds. The first kappa shape index (κ1) is 24.2. The van der Waals surface area contributed by atoms with Crippen LogP contribution in [0.2, 0.25) is 0 Å². The first-order valence-corrected chi connectivity index (χ1v) is 13.4. The molecule has 0 atom stereocenters. The second-order valence-electron chi connectivity index (χ2n) is 10.1. The molecule has 0 aliphatic heterocycles. The molecule has 3 nitrogen and oxygen atoms in total. The number of aromatic nitrogens is 1. The first-order chi connectivity index (χ1) is 20.2. The molecule has 7 rings (SSSR count). The molecule has 7 aromatic rings. The summed E-state index contributed by atoms with van der Waals surface area (Å²) >= 11 is 0. The number of fused-ring (bicyclic) bond motifs is 3. The van der Waals surface area contributed by atoms with Crippen LogP contribution in [0.15, 0.2) is 140 Å². The summed E-state index contributed by atoms with van der Waals surface area (Å²) in [6.07, 6.45) is 0. The van der Waals surface area contributed by atoms with Gasteiger partial charge in [-0.1, -0.05) is 84.9 Å². The van der Waals surface area contributed by atoms with Crippen molar-refractivity contribution >= 4 is 27.5 Å². The summed E-state index contributed by atoms with van der Waals surface area (Å²) in [4.78, 5) is 3.84. The third-order valence-electron chi connectivity index (χ3n) is 7.59. The zero-order valence-electron chi connectivity index (χ0n) is 22.1. The predicted octanol–water partition coefficient (Wildman–Crippen LogP) is 10.2. The van der Waals surface area contributed by atoms with Gasteiger partial charge in [-0.15, -0.1) is 0 Å². The van der Waals surface area contributed by atoms with Crippen molar-refractivity contribution in [1.29, 1.82) is 5.26 Å². The van der Waals surface area contributed by atoms with E-state index in [0.29, 0.717) is 11.3 Å². The molecule has 6 aromatic carbocycles. The van der Waals surface area contributed by atoms with Crippen molar-refractivity contribution in [3.8, 4) is 45.1 Å². The second-order valence-corrected chi connectivity index (χ2v) is 10.1. The summed E-state index contributed by atoms with van der Waals surface area (Å²) in [5, 5.41) is 11.7. The zero-order chi connectivity index (χ0) is 27.8. The Labute approximate surface area is 238 Å². The molecular formula is C38H23N3. The molecule has 0 saturated heterocycles. The van der Waals surface area contributed by atoms with Crippen LogP contribution < -0.4 is 0 Å². The van der Waals surface area contributed by atoms with E-state index < -0.39 is 0 Å². The van der Waals surface area contributed by atoms with Crippen LogP contribution in [0.5, 0.6) is 0 Å². The first-order valence-electron chi connectivity index (χ1n) is 13.4. The molecule has 0 N–H and O–H groups in total. The van der Waals surface area contributed by atoms with Crippen LogP contribution in [-0.4, -0.2) is 4.57 Å². The van der Waals surface area contributed by atoms with E-state index in [1.54, 1.807) is 0 Å². The number of hydrogen-bond acceptors (Lipinski definition) is 1. The van der Waals surface area contributed by atoms with Gasteiger partial charge in [-0.2, -0.15) is 5.26 Å². The molecule has 0 spiro atoms. The van der Waals surface area contributed by atoms with E-state index in [2.05, 4.69) is 119 Å². The summed E-state index contributed by atoms with van der Waals surface area (Å²) in [5.74, 6) is 0. The molecule has 1 aromatic heterocycles. The quantitative estimate of drug-likeness (QED) is 0.212. The van der Waals surface area contributed by atoms with Crippen LogP contribution in [0.1, 0.15) is 5.56 Å². The van der Waals surface area contributed by atoms with Gasteiger partial charge in [0.15, 0.2) is 5.69 Å². The summed E-state index contributed by atoms with van der Waals surface area (Å²) in [7, 11) is 0. The maximum absolute atomic E-state index is 9.33. The lowest BCUT2D eigenvalue weighted by Crippen LogP contribution is -1.94. The number of nitriles is 1. The minimum atomic E-state index is 0.601. The standard InChI is InChI=1S/C38H23N3/c1-40-33-22-32(23-34(24-33)41-37-17-4-2-15-35(37)36-16-3-5-18-38(36)41)31-14-8-13-30(21-31)29-12-7-11-28(20-29)27-10-6-9-26(19-27)25-39/h2-24H. The van der Waals surface area contributed by atoms with Crippen LogP contribution >= 0.6 is 0 Å². The van der Waals surface area contributed by atoms with E-state index in [0.717, 1.165) is 50.1 Å². The summed E-state index contributed by atoms with van der Waals surface area (Å²) in [6.45, 7) is 7.86. The number of rotatable bonds is 4. The van der Waals surface area contributed by atoms with Gasteiger partial charge in [0.2, 0.25) is 0 Å². The minimum absolute atomic E-state index is 0.601. The zero-order valence-corrected chi connectivity index (χ0v) is 22.1. The highest BCUT2D eigenvalue weighted by atomic mass is 15.0. The summed E-state index contributed by atoms with van der Waals surface area (Å²) < 4.78 is 2.26. The van der Waals surface area contributed by atoms with E-state index in [-0.39, 0.29) is 0 Å². The molecule has 0 aliphatic rings. The fourth-order valence-corrected chi connectivity index (χ4v) is 5.68. The lowest BCUT2D eigenvalue weighted by Gasteiger charge is -2.13. The van der Waals surface area contributed by atoms with Crippen molar-refractivity contribution in [3.05, 3.63) is 157 Å². The predicted molar refractivity (Wildman–Crippen MR) is 168 cm³/mol. The molecular weight excluding hydrogens is 498 g/mol. The highest BCUT2D eigenvalue weighted by Gasteiger charge is 2.14. The topological polar surface area (TPSA) is 33.1 Å². The second kappa shape index (κ2) is 10.0. The fourth-order valence-electron chi connectivity index (χ4n) is 5.68. The van der Waals surface area contributed by atoms with Crippen LogP contribution in [0.4, 0.5) is 5.69 Å². The van der Waals surface area contributed by atoms with Gasteiger partial charge in [-0.25, -0.2) is 4.85 Å². The van der Waals surface area contributed by atoms with Gasteiger partial charge in [0, 0.05) is 16.5 Å². The Morgan fingerprint density at radius 2 is 1.02 bits per heavy atom. The molecule has 0 fully saturated rings. The van der Waals surface area contributed by atoms with Gasteiger partial charge in [0.1, 0.15) is 0 Å². The smallest absolute Gasteiger partial charge is 0.189 e. The van der Waals surface area contributed by atoms with Crippen LogP contribution in [0.25, 0.3) is 65.7 Å². The highest BCUT2D eigenvalue weighted by molar-refractivity contribution is 6.09. The number of benzene rings is 6. The lowest BCUT2D eigenvalue weighted by molar-refractivity contribution is 1.18. The van der Waals surface area contributed by atoms with Gasteiger partial charge in [-0.05, 0) is 88.0 Å². The largest absolute Gasteiger partial charge is 0.310 e. The van der Waals surface area contributed by atoms with E-state index in [4.69, 9.17) is 6.57 Å². The van der Waals surface area contributed by atoms with E-state index in [9.17, 15) is 5.26 Å². The summed E-state index contributed by atoms with van der Waals surface area (Å²) in [5.41, 5.74) is 10.8. The van der Waals surface area contributed by atoms with Crippen molar-refractivity contribution in [2.24, 2.45) is 0 Å². The average Bonchev–Trinajstić information content (AvgIpc) is 3.39. The van der Waals surface area contributed by atoms with Crippen molar-refractivity contribution in [2.45, 2.75) is 0 Å². The van der Waals surface area contributed by atoms with Crippen molar-refractivity contribution < 1.29 is 0 Å². The van der Waals surface area contributed by atoms with Crippen LogP contribution in [0, 0.1) is 17.9 Å². The Morgan fingerprint density at radius 1 is 0.512 bits per heavy atom. The monoisotopic (exact) mass is 521 g/mol. The highest BCUT2D eigenvalue weighted by Crippen LogP contribution is 2.36. The lowest BCUT2D eigenvalue weighted by atomic mass is 9.95. The van der Waals surface area contributed by atoms with E-state index >= 15 is 0 Å². The van der Waals surface area contributed by atoms with Crippen LogP contribution in [-0.2, 0) is 0 Å². The molecule has 190 valence electrons. The van der Waals surface area contributed by atoms with Crippen molar-refractivity contribution in [1.82, 2.24) is 4.57 Å². The van der Waals surface area contributed by atoms with Crippen molar-refractivity contribution in [2.75, 3.05) is 0 Å². The molecule has 0 aliphatic carbocycles. The Balaban J connectivity index is 1.35. The molecule has 0 unspecified atom stereocenters. The number of para-hydroxylation sites is 2. The maximum atomic E-state index is 9.33. The van der Waals surface area contributed by atoms with Crippen LogP contribution in [0.3, 0.4) is 0 Å². The average molecular weight is 522 g/mol. The van der Waals surface area contributed by atoms with Gasteiger partial charge in [0.25, 0.3) is 0 Å². The number of hydrogen-bond donors (Lipinski definition) is 0. The molecule has 41 heavy (non-hydrogen) atoms. The third-order valence-corrected chi connectivity index (χ3v) is 7.59. The third kappa shape index (κ3) is 4.33.